The second-order valence-electron chi connectivity index (χ2n) is 7.99. The molecule has 3 aromatic heterocycles. The van der Waals surface area contributed by atoms with Crippen molar-refractivity contribution >= 4 is 61.6 Å². The van der Waals surface area contributed by atoms with Gasteiger partial charge in [0.2, 0.25) is 0 Å². The zero-order valence-corrected chi connectivity index (χ0v) is 20.3. The van der Waals surface area contributed by atoms with Crippen molar-refractivity contribution in [2.24, 2.45) is 0 Å². The summed E-state index contributed by atoms with van der Waals surface area (Å²) in [7, 11) is 0.228. The van der Waals surface area contributed by atoms with Crippen LogP contribution in [0.4, 0.5) is 0 Å². The topological polar surface area (TPSA) is 78.6 Å². The Labute approximate surface area is 197 Å². The van der Waals surface area contributed by atoms with E-state index in [1.807, 2.05) is 0 Å². The van der Waals surface area contributed by atoms with Crippen molar-refractivity contribution in [3.63, 3.8) is 0 Å². The number of rotatable bonds is 6. The minimum Gasteiger partial charge on any atom is -0.354 e. The Bertz CT molecular complexity index is 1530. The number of imidazole rings is 1. The van der Waals surface area contributed by atoms with E-state index in [0.717, 1.165) is 41.6 Å². The van der Waals surface area contributed by atoms with Crippen LogP contribution in [-0.2, 0) is 22.4 Å². The molecule has 5 aromatic rings. The van der Waals surface area contributed by atoms with Crippen LogP contribution >= 0.6 is 28.5 Å². The van der Waals surface area contributed by atoms with E-state index in [0.29, 0.717) is 5.57 Å². The quantitative estimate of drug-likeness (QED) is 0.260. The highest BCUT2D eigenvalue weighted by atomic mass is 32.1. The Morgan fingerprint density at radius 2 is 1.73 bits per heavy atom. The summed E-state index contributed by atoms with van der Waals surface area (Å²) in [5.41, 5.74) is 10.0. The lowest BCUT2D eigenvalue weighted by molar-refractivity contribution is 0.569. The van der Waals surface area contributed by atoms with Crippen LogP contribution in [0, 0.1) is 0 Å². The minimum atomic E-state index is 0.0493. The van der Waals surface area contributed by atoms with Crippen molar-refractivity contribution in [2.45, 2.75) is 12.8 Å². The average molecular weight is 487 g/mol. The number of aromatic nitrogens is 3. The number of benzene rings is 2. The minimum absolute atomic E-state index is 0.0493. The van der Waals surface area contributed by atoms with Gasteiger partial charge in [-0.25, -0.2) is 4.98 Å². The van der Waals surface area contributed by atoms with Gasteiger partial charge in [-0.3, -0.25) is 9.59 Å². The van der Waals surface area contributed by atoms with E-state index < -0.39 is 0 Å². The number of nitrogens with one attached hydrogen (secondary N) is 2. The molecule has 33 heavy (non-hydrogen) atoms. The molecule has 0 aliphatic heterocycles. The first kappa shape index (κ1) is 20.7. The van der Waals surface area contributed by atoms with Crippen LogP contribution in [0.3, 0.4) is 0 Å². The van der Waals surface area contributed by atoms with Gasteiger partial charge in [0.25, 0.3) is 0 Å². The second kappa shape index (κ2) is 8.46. The predicted molar refractivity (Wildman–Crippen MR) is 141 cm³/mol. The maximum Gasteiger partial charge on any atom is 0.146 e. The maximum atomic E-state index is 10.9. The highest BCUT2D eigenvalue weighted by Crippen LogP contribution is 2.39. The van der Waals surface area contributed by atoms with E-state index in [1.54, 1.807) is 17.5 Å². The first-order valence-electron chi connectivity index (χ1n) is 10.6. The summed E-state index contributed by atoms with van der Waals surface area (Å²) in [6.45, 7) is 0. The van der Waals surface area contributed by atoms with Crippen molar-refractivity contribution in [1.29, 1.82) is 0 Å². The van der Waals surface area contributed by atoms with Gasteiger partial charge in [0.1, 0.15) is 17.6 Å². The Hall–Kier alpha value is -2.91. The number of nitrogens with zero attached hydrogens (tertiary/aromatic N) is 1. The Morgan fingerprint density at radius 3 is 2.61 bits per heavy atom. The summed E-state index contributed by atoms with van der Waals surface area (Å²) in [4.78, 5) is 33.9. The van der Waals surface area contributed by atoms with E-state index in [4.69, 9.17) is 0 Å². The molecule has 0 saturated heterocycles. The first-order chi connectivity index (χ1) is 16.2. The van der Waals surface area contributed by atoms with Gasteiger partial charge in [0.05, 0.1) is 11.9 Å². The smallest absolute Gasteiger partial charge is 0.146 e. The number of aryl methyl sites for hydroxylation is 2. The van der Waals surface area contributed by atoms with E-state index in [2.05, 4.69) is 63.5 Å². The standard InChI is InChI=1S/C25H19N3O2P2S/c29-12-31-23-10-18-4-1-14-7-16(5-6-19(14)24(18)28-23)22-9-17-3-2-15(8-21(17)33-22)20-11-26-25(27-20)32-13-30/h2-3,5-13,28,31-32H,1,4H2,(H,26,27). The van der Waals surface area contributed by atoms with Crippen molar-refractivity contribution in [1.82, 2.24) is 15.0 Å². The number of carbonyl (C=O) groups excluding carboxylic acids is 2. The largest absolute Gasteiger partial charge is 0.354 e. The molecule has 162 valence electrons. The van der Waals surface area contributed by atoms with Crippen LogP contribution in [-0.4, -0.2) is 27.0 Å². The number of H-pyrrole nitrogens is 2. The molecule has 0 amide bonds. The van der Waals surface area contributed by atoms with E-state index in [-0.39, 0.29) is 17.2 Å². The van der Waals surface area contributed by atoms with Gasteiger partial charge in [0, 0.05) is 40.4 Å². The number of fused-ring (bicyclic) bond motifs is 4. The van der Waals surface area contributed by atoms with Gasteiger partial charge in [-0.2, -0.15) is 0 Å². The molecular weight excluding hydrogens is 468 g/mol. The van der Waals surface area contributed by atoms with Gasteiger partial charge >= 0.3 is 0 Å². The summed E-state index contributed by atoms with van der Waals surface area (Å²) < 4.78 is 1.22. The lowest BCUT2D eigenvalue weighted by Gasteiger charge is -2.17. The van der Waals surface area contributed by atoms with Crippen molar-refractivity contribution in [2.75, 3.05) is 0 Å². The Kier molecular flexibility index (Phi) is 5.30. The number of thiophene rings is 1. The fraction of sp³-hybridized carbons (Fsp3) is 0.0800. The fourth-order valence-electron chi connectivity index (χ4n) is 4.48. The van der Waals surface area contributed by atoms with Gasteiger partial charge in [-0.15, -0.1) is 11.3 Å². The van der Waals surface area contributed by atoms with Crippen LogP contribution in [0.1, 0.15) is 11.1 Å². The molecule has 1 aliphatic carbocycles. The van der Waals surface area contributed by atoms with Crippen molar-refractivity contribution in [3.8, 4) is 33.0 Å². The summed E-state index contributed by atoms with van der Waals surface area (Å²) in [5, 5.41) is 1.22. The van der Waals surface area contributed by atoms with E-state index in [1.165, 1.54) is 42.9 Å². The number of aromatic amines is 2. The highest BCUT2D eigenvalue weighted by Gasteiger charge is 2.20. The molecule has 0 radical (unpaired) electrons. The molecule has 2 unspecified atom stereocenters. The predicted octanol–water partition coefficient (Wildman–Crippen LogP) is 5.04. The van der Waals surface area contributed by atoms with E-state index in [9.17, 15) is 9.59 Å². The van der Waals surface area contributed by atoms with Crippen molar-refractivity contribution < 1.29 is 9.59 Å². The summed E-state index contributed by atoms with van der Waals surface area (Å²) >= 11 is 1.79. The molecule has 2 N–H and O–H groups in total. The van der Waals surface area contributed by atoms with Crippen LogP contribution < -0.4 is 11.0 Å². The van der Waals surface area contributed by atoms with Crippen molar-refractivity contribution in [3.05, 3.63) is 65.9 Å². The number of hydrogen-bond donors (Lipinski definition) is 2. The lowest BCUT2D eigenvalue weighted by Crippen LogP contribution is -2.02. The molecular formula is C25H19N3O2P2S. The summed E-state index contributed by atoms with van der Waals surface area (Å²) in [6, 6.07) is 19.4. The monoisotopic (exact) mass is 487 g/mol. The third kappa shape index (κ3) is 3.79. The molecule has 8 heteroatoms. The van der Waals surface area contributed by atoms with E-state index >= 15 is 0 Å². The van der Waals surface area contributed by atoms with Crippen LogP contribution in [0.2, 0.25) is 0 Å². The van der Waals surface area contributed by atoms with Crippen LogP contribution in [0.25, 0.3) is 43.0 Å². The Balaban J connectivity index is 1.34. The molecule has 2 atom stereocenters. The van der Waals surface area contributed by atoms with Gasteiger partial charge in [-0.1, -0.05) is 24.3 Å². The molecule has 3 heterocycles. The second-order valence-corrected chi connectivity index (χ2v) is 11.1. The normalized spacial score (nSPS) is 13.2. The number of carbonyl (C=O) groups is 2. The highest BCUT2D eigenvalue weighted by molar-refractivity contribution is 7.62. The van der Waals surface area contributed by atoms with Gasteiger partial charge in [0.15, 0.2) is 0 Å². The van der Waals surface area contributed by atoms with Gasteiger partial charge < -0.3 is 9.97 Å². The molecule has 5 nitrogen and oxygen atoms in total. The average Bonchev–Trinajstić information content (AvgIpc) is 3.56. The molecule has 6 rings (SSSR count). The zero-order valence-electron chi connectivity index (χ0n) is 17.4. The van der Waals surface area contributed by atoms with Crippen LogP contribution in [0.15, 0.2) is 54.7 Å². The lowest BCUT2D eigenvalue weighted by atomic mass is 9.89. The Morgan fingerprint density at radius 1 is 0.879 bits per heavy atom. The third-order valence-electron chi connectivity index (χ3n) is 6.04. The van der Waals surface area contributed by atoms with Gasteiger partial charge in [-0.05, 0) is 67.8 Å². The third-order valence-corrected chi connectivity index (χ3v) is 8.53. The van der Waals surface area contributed by atoms with Crippen LogP contribution in [0.5, 0.6) is 0 Å². The molecule has 0 fully saturated rings. The molecule has 0 saturated carbocycles. The molecule has 1 aliphatic rings. The molecule has 2 aromatic carbocycles. The molecule has 0 spiro atoms. The number of hydrogen-bond acceptors (Lipinski definition) is 4. The maximum absolute atomic E-state index is 10.9. The first-order valence-corrected chi connectivity index (χ1v) is 13.5. The fourth-order valence-corrected chi connectivity index (χ4v) is 6.62. The molecule has 0 bridgehead atoms. The SMILES string of the molecule is O=CPc1cc2c([nH]1)-c1ccc(-c3cc4ccc(-c5cnc(PC=O)[nH]5)cc4s3)cc1CC2. The summed E-state index contributed by atoms with van der Waals surface area (Å²) in [5.74, 6) is 0. The summed E-state index contributed by atoms with van der Waals surface area (Å²) in [6.07, 6.45) is 3.80. The zero-order chi connectivity index (χ0) is 22.4.